The Morgan fingerprint density at radius 1 is 0.557 bits per heavy atom. The number of nitrogens with zero attached hydrogens (tertiary/aromatic N) is 5. The third-order valence-electron chi connectivity index (χ3n) is 10.8. The van der Waals surface area contributed by atoms with E-state index in [9.17, 15) is 9.59 Å². The molecule has 0 aliphatic carbocycles. The molecule has 4 heterocycles. The van der Waals surface area contributed by atoms with E-state index in [1.807, 2.05) is 116 Å². The Balaban J connectivity index is 0.977. The van der Waals surface area contributed by atoms with Gasteiger partial charge in [0.15, 0.2) is 0 Å². The third kappa shape index (κ3) is 9.97. The van der Waals surface area contributed by atoms with E-state index < -0.39 is 0 Å². The molecule has 8 rings (SSSR count). The van der Waals surface area contributed by atoms with Crippen molar-refractivity contribution in [3.8, 4) is 33.8 Å². The summed E-state index contributed by atoms with van der Waals surface area (Å²) in [5.41, 5.74) is 8.91. The molecule has 8 aromatic rings. The van der Waals surface area contributed by atoms with Crippen LogP contribution in [0.2, 0.25) is 0 Å². The lowest BCUT2D eigenvalue weighted by molar-refractivity contribution is 0.0710. The van der Waals surface area contributed by atoms with Crippen molar-refractivity contribution in [3.63, 3.8) is 0 Å². The van der Waals surface area contributed by atoms with E-state index >= 15 is 0 Å². The van der Waals surface area contributed by atoms with Crippen LogP contribution in [0.25, 0.3) is 44.1 Å². The van der Waals surface area contributed by atoms with E-state index in [1.54, 1.807) is 36.8 Å². The molecule has 0 spiro atoms. The summed E-state index contributed by atoms with van der Waals surface area (Å²) in [6, 6.07) is 39.6. The van der Waals surface area contributed by atoms with Crippen LogP contribution >= 0.6 is 0 Å². The second-order valence-electron chi connectivity index (χ2n) is 15.4. The summed E-state index contributed by atoms with van der Waals surface area (Å²) in [4.78, 5) is 49.3. The second-order valence-corrected chi connectivity index (χ2v) is 15.4. The zero-order valence-electron chi connectivity index (χ0n) is 34.7. The fourth-order valence-electron chi connectivity index (χ4n) is 7.57. The highest BCUT2D eigenvalue weighted by Gasteiger charge is 2.21. The van der Waals surface area contributed by atoms with Crippen molar-refractivity contribution in [2.45, 2.75) is 19.5 Å². The van der Waals surface area contributed by atoms with Gasteiger partial charge in [0.25, 0.3) is 11.8 Å². The lowest BCUT2D eigenvalue weighted by atomic mass is 10.1. The fraction of sp³-hybridized carbons (Fsp3) is 0.200. The molecule has 0 aliphatic rings. The maximum absolute atomic E-state index is 14.2. The first-order valence-electron chi connectivity index (χ1n) is 20.4. The van der Waals surface area contributed by atoms with Crippen LogP contribution < -0.4 is 9.47 Å². The maximum atomic E-state index is 14.2. The molecule has 2 N–H and O–H groups in total. The average Bonchev–Trinajstić information content (AvgIpc) is 3.93. The fourth-order valence-corrected chi connectivity index (χ4v) is 7.57. The molecule has 0 saturated heterocycles. The zero-order valence-corrected chi connectivity index (χ0v) is 34.7. The van der Waals surface area contributed by atoms with Crippen molar-refractivity contribution in [3.05, 3.63) is 169 Å². The molecule has 2 amide bonds. The van der Waals surface area contributed by atoms with Crippen molar-refractivity contribution in [1.29, 1.82) is 0 Å². The molecule has 61 heavy (non-hydrogen) atoms. The number of carbonyl (C=O) groups is 2. The number of fused-ring (bicyclic) bond motifs is 2. The highest BCUT2D eigenvalue weighted by atomic mass is 16.5. The van der Waals surface area contributed by atoms with Gasteiger partial charge in [-0.25, -0.2) is 0 Å². The maximum Gasteiger partial charge on any atom is 0.270 e. The summed E-state index contributed by atoms with van der Waals surface area (Å²) in [6.45, 7) is 2.79. The first-order chi connectivity index (χ1) is 29.8. The lowest BCUT2D eigenvalue weighted by Crippen LogP contribution is -2.34. The van der Waals surface area contributed by atoms with Crippen LogP contribution in [0.15, 0.2) is 146 Å². The molecular formula is C50H49N7O4. The van der Waals surface area contributed by atoms with Crippen molar-refractivity contribution < 1.29 is 19.1 Å². The largest absolute Gasteiger partial charge is 0.497 e. The van der Waals surface area contributed by atoms with Gasteiger partial charge in [-0.05, 0) is 133 Å². The van der Waals surface area contributed by atoms with Crippen molar-refractivity contribution in [2.24, 2.45) is 0 Å². The third-order valence-corrected chi connectivity index (χ3v) is 10.8. The minimum atomic E-state index is -0.140. The number of aromatic nitrogens is 4. The Kier molecular flexibility index (Phi) is 12.5. The molecule has 11 nitrogen and oxygen atoms in total. The van der Waals surface area contributed by atoms with E-state index in [0.29, 0.717) is 43.3 Å². The highest BCUT2D eigenvalue weighted by Crippen LogP contribution is 2.27. The molecule has 11 heteroatoms. The van der Waals surface area contributed by atoms with Gasteiger partial charge in [-0.1, -0.05) is 48.5 Å². The topological polar surface area (TPSA) is 120 Å². The number of rotatable bonds is 17. The summed E-state index contributed by atoms with van der Waals surface area (Å²) in [7, 11) is 5.71. The van der Waals surface area contributed by atoms with E-state index in [0.717, 1.165) is 73.9 Å². The van der Waals surface area contributed by atoms with E-state index in [-0.39, 0.29) is 18.4 Å². The van der Waals surface area contributed by atoms with Gasteiger partial charge in [0.05, 0.1) is 13.7 Å². The molecule has 0 unspecified atom stereocenters. The normalized spacial score (nSPS) is 11.3. The predicted octanol–water partition coefficient (Wildman–Crippen LogP) is 9.10. The van der Waals surface area contributed by atoms with Gasteiger partial charge in [-0.3, -0.25) is 19.6 Å². The molecule has 0 radical (unpaired) electrons. The molecule has 308 valence electrons. The van der Waals surface area contributed by atoms with Gasteiger partial charge < -0.3 is 34.1 Å². The van der Waals surface area contributed by atoms with Gasteiger partial charge in [0.2, 0.25) is 0 Å². The second kappa shape index (κ2) is 18.8. The number of ether oxygens (including phenoxy) is 2. The van der Waals surface area contributed by atoms with Crippen LogP contribution in [0.5, 0.6) is 11.5 Å². The Hall–Kier alpha value is -7.24. The van der Waals surface area contributed by atoms with E-state index in [2.05, 4.69) is 49.1 Å². The number of amides is 2. The van der Waals surface area contributed by atoms with Gasteiger partial charge in [-0.2, -0.15) is 0 Å². The smallest absolute Gasteiger partial charge is 0.270 e. The minimum absolute atomic E-state index is 0.0657. The van der Waals surface area contributed by atoms with Gasteiger partial charge in [-0.15, -0.1) is 0 Å². The molecule has 4 aromatic carbocycles. The number of nitrogens with one attached hydrogen (secondary N) is 2. The monoisotopic (exact) mass is 811 g/mol. The molecule has 0 saturated carbocycles. The molecule has 4 aromatic heterocycles. The Morgan fingerprint density at radius 2 is 1.07 bits per heavy atom. The molecule has 0 atom stereocenters. The predicted molar refractivity (Wildman–Crippen MR) is 241 cm³/mol. The summed E-state index contributed by atoms with van der Waals surface area (Å²) in [5, 5.41) is 1.92. The number of hydrogen-bond donors (Lipinski definition) is 2. The van der Waals surface area contributed by atoms with Crippen molar-refractivity contribution in [1.82, 2.24) is 34.6 Å². The summed E-state index contributed by atoms with van der Waals surface area (Å²) < 4.78 is 11.8. The van der Waals surface area contributed by atoms with Gasteiger partial charge >= 0.3 is 0 Å². The molecule has 0 aliphatic heterocycles. The summed E-state index contributed by atoms with van der Waals surface area (Å²) in [6.07, 6.45) is 7.92. The van der Waals surface area contributed by atoms with Crippen molar-refractivity contribution in [2.75, 3.05) is 47.4 Å². The minimum Gasteiger partial charge on any atom is -0.497 e. The number of H-pyrrole nitrogens is 2. The van der Waals surface area contributed by atoms with Crippen LogP contribution in [0, 0.1) is 0 Å². The average molecular weight is 812 g/mol. The molecular weight excluding hydrogens is 763 g/mol. The number of pyridine rings is 2. The van der Waals surface area contributed by atoms with Crippen LogP contribution in [0.3, 0.4) is 0 Å². The number of benzene rings is 4. The van der Waals surface area contributed by atoms with Crippen LogP contribution in [-0.4, -0.2) is 93.9 Å². The highest BCUT2D eigenvalue weighted by molar-refractivity contribution is 6.00. The van der Waals surface area contributed by atoms with Crippen LogP contribution in [0.1, 0.15) is 38.5 Å². The van der Waals surface area contributed by atoms with Gasteiger partial charge in [0, 0.05) is 66.2 Å². The van der Waals surface area contributed by atoms with Crippen LogP contribution in [0.4, 0.5) is 0 Å². The molecule has 0 bridgehead atoms. The van der Waals surface area contributed by atoms with Gasteiger partial charge in [0.1, 0.15) is 29.5 Å². The van der Waals surface area contributed by atoms with E-state index in [1.165, 1.54) is 0 Å². The number of methoxy groups -OCH3 is 1. The number of hydrogen-bond acceptors (Lipinski definition) is 7. The Bertz CT molecular complexity index is 2750. The molecule has 0 fully saturated rings. The van der Waals surface area contributed by atoms with Crippen LogP contribution in [-0.2, 0) is 13.1 Å². The summed E-state index contributed by atoms with van der Waals surface area (Å²) >= 11 is 0. The first-order valence-corrected chi connectivity index (χ1v) is 20.4. The summed E-state index contributed by atoms with van der Waals surface area (Å²) in [5.74, 6) is 1.18. The Morgan fingerprint density at radius 3 is 1.59 bits per heavy atom. The van der Waals surface area contributed by atoms with Crippen molar-refractivity contribution >= 4 is 33.6 Å². The first kappa shape index (κ1) is 40.5. The Labute approximate surface area is 355 Å². The van der Waals surface area contributed by atoms with E-state index in [4.69, 9.17) is 9.47 Å². The number of carbonyl (C=O) groups excluding carboxylic acids is 2. The SMILES string of the molecule is COc1cccc(CN(CCOc2cccc(CN(CCCN(C)C)C(=O)c3cc4ccc(-c5ccncc5)cc4[nH]3)c2)C(=O)c2cc3ccc(-c4ccncc4)cc3[nH]2)c1. The zero-order chi connectivity index (χ0) is 42.1. The quantitative estimate of drug-likeness (QED) is 0.0942. The standard InChI is InChI=1S/C50H49N7O4/c1-55(2)23-6-24-56(49(58)47-31-41-13-11-39(29-45(41)53-47)37-15-19-51-20-16-37)33-36-8-5-10-44(28-36)61-26-25-57(34-35-7-4-9-43(27-35)60-3)50(59)48-32-42-14-12-40(30-46(42)54-48)38-17-21-52-22-18-38/h4-5,7-22,27-32,53-54H,6,23-26,33-34H2,1-3H3. The lowest BCUT2D eigenvalue weighted by Gasteiger charge is -2.24. The number of aromatic amines is 2.